The summed E-state index contributed by atoms with van der Waals surface area (Å²) in [5.74, 6) is 1.62. The van der Waals surface area contributed by atoms with Crippen molar-refractivity contribution in [1.29, 1.82) is 0 Å². The molecule has 1 N–H and O–H groups in total. The topological polar surface area (TPSA) is 47.3 Å². The maximum absolute atomic E-state index is 10.8. The summed E-state index contributed by atoms with van der Waals surface area (Å²) in [6.45, 7) is 0.669. The average Bonchev–Trinajstić information content (AvgIpc) is 3.06. The summed E-state index contributed by atoms with van der Waals surface area (Å²) in [4.78, 5) is 4.78. The van der Waals surface area contributed by atoms with Crippen LogP contribution < -0.4 is 4.74 Å². The first-order chi connectivity index (χ1) is 13.6. The normalized spacial score (nSPS) is 12.2. The highest BCUT2D eigenvalue weighted by Gasteiger charge is 2.16. The van der Waals surface area contributed by atoms with E-state index in [2.05, 4.69) is 10.6 Å². The summed E-state index contributed by atoms with van der Waals surface area (Å²) in [6, 6.07) is 23.3. The molecule has 1 unspecified atom stereocenters. The Labute approximate surface area is 169 Å². The number of hydrogen-bond acceptors (Lipinski definition) is 3. The van der Waals surface area contributed by atoms with Gasteiger partial charge in [-0.25, -0.2) is 4.98 Å². The van der Waals surface area contributed by atoms with Gasteiger partial charge in [-0.3, -0.25) is 0 Å². The van der Waals surface area contributed by atoms with Crippen LogP contribution in [-0.4, -0.2) is 21.8 Å². The van der Waals surface area contributed by atoms with Crippen molar-refractivity contribution in [2.45, 2.75) is 19.1 Å². The van der Waals surface area contributed by atoms with Crippen LogP contribution in [0.1, 0.15) is 23.1 Å². The highest BCUT2D eigenvalue weighted by atomic mass is 35.5. The van der Waals surface area contributed by atoms with Gasteiger partial charge in [0, 0.05) is 18.0 Å². The van der Waals surface area contributed by atoms with Crippen LogP contribution in [0.3, 0.4) is 0 Å². The van der Waals surface area contributed by atoms with E-state index in [9.17, 15) is 5.11 Å². The van der Waals surface area contributed by atoms with Crippen LogP contribution in [0.25, 0.3) is 11.0 Å². The van der Waals surface area contributed by atoms with Gasteiger partial charge in [-0.15, -0.1) is 0 Å². The van der Waals surface area contributed by atoms with E-state index in [-0.39, 0.29) is 0 Å². The Kier molecular flexibility index (Phi) is 5.33. The average molecular weight is 393 g/mol. The van der Waals surface area contributed by atoms with Crippen molar-refractivity contribution in [2.24, 2.45) is 0 Å². The number of hydrogen-bond donors (Lipinski definition) is 1. The third kappa shape index (κ3) is 3.88. The van der Waals surface area contributed by atoms with Gasteiger partial charge in [0.1, 0.15) is 11.6 Å². The first-order valence-corrected chi connectivity index (χ1v) is 9.52. The van der Waals surface area contributed by atoms with E-state index in [1.54, 1.807) is 7.11 Å². The number of aromatic nitrogens is 2. The number of benzene rings is 3. The second-order valence-electron chi connectivity index (χ2n) is 6.72. The van der Waals surface area contributed by atoms with Crippen LogP contribution in [0.5, 0.6) is 5.75 Å². The van der Waals surface area contributed by atoms with Crippen LogP contribution in [0.15, 0.2) is 72.8 Å². The van der Waals surface area contributed by atoms with Gasteiger partial charge in [-0.1, -0.05) is 48.0 Å². The number of para-hydroxylation sites is 2. The third-order valence-corrected chi connectivity index (χ3v) is 5.12. The molecule has 3 aromatic carbocycles. The van der Waals surface area contributed by atoms with Gasteiger partial charge in [0.05, 0.1) is 24.2 Å². The predicted octanol–water partition coefficient (Wildman–Crippen LogP) is 5.02. The van der Waals surface area contributed by atoms with E-state index >= 15 is 0 Å². The molecule has 0 aliphatic rings. The van der Waals surface area contributed by atoms with E-state index in [0.717, 1.165) is 38.8 Å². The zero-order valence-corrected chi connectivity index (χ0v) is 16.3. The standard InChI is InChI=1S/C23H21ClN2O2/c1-28-19-12-8-17(9-13-19)22(27)14-23-25-20-4-2-3-5-21(20)26(23)15-16-6-10-18(24)11-7-16/h2-13,22,27H,14-15H2,1H3. The number of aliphatic hydroxyl groups is 1. The lowest BCUT2D eigenvalue weighted by Crippen LogP contribution is -2.10. The van der Waals surface area contributed by atoms with Crippen molar-refractivity contribution < 1.29 is 9.84 Å². The molecule has 1 heterocycles. The molecular formula is C23H21ClN2O2. The molecule has 0 spiro atoms. The molecule has 142 valence electrons. The summed E-state index contributed by atoms with van der Waals surface area (Å²) < 4.78 is 7.35. The molecule has 4 aromatic rings. The van der Waals surface area contributed by atoms with E-state index in [1.165, 1.54) is 0 Å². The van der Waals surface area contributed by atoms with Crippen molar-refractivity contribution >= 4 is 22.6 Å². The largest absolute Gasteiger partial charge is 0.497 e. The van der Waals surface area contributed by atoms with E-state index < -0.39 is 6.10 Å². The number of methoxy groups -OCH3 is 1. The van der Waals surface area contributed by atoms with Crippen LogP contribution in [0.2, 0.25) is 5.02 Å². The number of aliphatic hydroxyl groups excluding tert-OH is 1. The highest BCUT2D eigenvalue weighted by Crippen LogP contribution is 2.25. The van der Waals surface area contributed by atoms with Gasteiger partial charge in [0.25, 0.3) is 0 Å². The number of fused-ring (bicyclic) bond motifs is 1. The molecule has 0 fully saturated rings. The number of ether oxygens (including phenoxy) is 1. The van der Waals surface area contributed by atoms with Gasteiger partial charge in [0.15, 0.2) is 0 Å². The lowest BCUT2D eigenvalue weighted by atomic mass is 10.1. The quantitative estimate of drug-likeness (QED) is 0.501. The monoisotopic (exact) mass is 392 g/mol. The van der Waals surface area contributed by atoms with Crippen molar-refractivity contribution in [3.8, 4) is 5.75 Å². The Morgan fingerprint density at radius 1 is 1.00 bits per heavy atom. The predicted molar refractivity (Wildman–Crippen MR) is 112 cm³/mol. The molecule has 0 saturated heterocycles. The fourth-order valence-corrected chi connectivity index (χ4v) is 3.47. The van der Waals surface area contributed by atoms with Gasteiger partial charge in [-0.2, -0.15) is 0 Å². The lowest BCUT2D eigenvalue weighted by Gasteiger charge is -2.14. The Morgan fingerprint density at radius 3 is 2.43 bits per heavy atom. The summed E-state index contributed by atoms with van der Waals surface area (Å²) in [5.41, 5.74) is 3.95. The van der Waals surface area contributed by atoms with E-state index in [4.69, 9.17) is 21.3 Å². The second-order valence-corrected chi connectivity index (χ2v) is 7.16. The Hall–Kier alpha value is -2.82. The zero-order chi connectivity index (χ0) is 19.5. The molecule has 0 radical (unpaired) electrons. The number of rotatable bonds is 6. The minimum atomic E-state index is -0.647. The molecule has 4 rings (SSSR count). The molecule has 4 nitrogen and oxygen atoms in total. The first kappa shape index (κ1) is 18.5. The number of halogens is 1. The Morgan fingerprint density at radius 2 is 1.71 bits per heavy atom. The van der Waals surface area contributed by atoms with Crippen molar-refractivity contribution in [3.05, 3.63) is 94.8 Å². The zero-order valence-electron chi connectivity index (χ0n) is 15.5. The molecule has 0 aliphatic heterocycles. The fourth-order valence-electron chi connectivity index (χ4n) is 3.35. The SMILES string of the molecule is COc1ccc(C(O)Cc2nc3ccccc3n2Cc2ccc(Cl)cc2)cc1. The van der Waals surface area contributed by atoms with Crippen LogP contribution >= 0.6 is 11.6 Å². The Bertz CT molecular complexity index is 1070. The number of imidazole rings is 1. The van der Waals surface area contributed by atoms with Crippen LogP contribution in [0.4, 0.5) is 0 Å². The molecule has 1 atom stereocenters. The van der Waals surface area contributed by atoms with Gasteiger partial charge in [-0.05, 0) is 47.5 Å². The van der Waals surface area contributed by atoms with Gasteiger partial charge < -0.3 is 14.4 Å². The smallest absolute Gasteiger partial charge is 0.118 e. The molecule has 0 saturated carbocycles. The fraction of sp³-hybridized carbons (Fsp3) is 0.174. The van der Waals surface area contributed by atoms with Crippen LogP contribution in [-0.2, 0) is 13.0 Å². The Balaban J connectivity index is 1.66. The summed E-state index contributed by atoms with van der Waals surface area (Å²) in [6.07, 6.45) is -0.221. The van der Waals surface area contributed by atoms with Crippen molar-refractivity contribution in [1.82, 2.24) is 9.55 Å². The summed E-state index contributed by atoms with van der Waals surface area (Å²) in [7, 11) is 1.63. The van der Waals surface area contributed by atoms with Gasteiger partial charge in [0.2, 0.25) is 0 Å². The van der Waals surface area contributed by atoms with E-state index in [1.807, 2.05) is 66.7 Å². The molecule has 1 aromatic heterocycles. The van der Waals surface area contributed by atoms with Gasteiger partial charge >= 0.3 is 0 Å². The second kappa shape index (κ2) is 8.05. The molecular weight excluding hydrogens is 372 g/mol. The minimum absolute atomic E-state index is 0.425. The number of nitrogens with zero attached hydrogens (tertiary/aromatic N) is 2. The third-order valence-electron chi connectivity index (χ3n) is 4.86. The summed E-state index contributed by atoms with van der Waals surface area (Å²) in [5, 5.41) is 11.5. The van der Waals surface area contributed by atoms with Crippen LogP contribution in [0, 0.1) is 0 Å². The lowest BCUT2D eigenvalue weighted by molar-refractivity contribution is 0.174. The first-order valence-electron chi connectivity index (χ1n) is 9.14. The maximum Gasteiger partial charge on any atom is 0.118 e. The molecule has 0 aliphatic carbocycles. The molecule has 0 bridgehead atoms. The molecule has 5 heteroatoms. The summed E-state index contributed by atoms with van der Waals surface area (Å²) >= 11 is 6.02. The maximum atomic E-state index is 10.8. The highest BCUT2D eigenvalue weighted by molar-refractivity contribution is 6.30. The minimum Gasteiger partial charge on any atom is -0.497 e. The molecule has 0 amide bonds. The van der Waals surface area contributed by atoms with Crippen molar-refractivity contribution in [3.63, 3.8) is 0 Å². The van der Waals surface area contributed by atoms with E-state index in [0.29, 0.717) is 13.0 Å². The van der Waals surface area contributed by atoms with Crippen molar-refractivity contribution in [2.75, 3.05) is 7.11 Å². The molecule has 28 heavy (non-hydrogen) atoms.